The van der Waals surface area contributed by atoms with Crippen molar-refractivity contribution in [2.45, 2.75) is 64.6 Å². The highest BCUT2D eigenvalue weighted by atomic mass is 16.7. The zero-order valence-electron chi connectivity index (χ0n) is 12.2. The van der Waals surface area contributed by atoms with Gasteiger partial charge in [-0.3, -0.25) is 4.99 Å². The van der Waals surface area contributed by atoms with Crippen LogP contribution in [0.5, 0.6) is 0 Å². The third-order valence-electron chi connectivity index (χ3n) is 3.89. The largest absolute Gasteiger partial charge is 0.350 e. The normalized spacial score (nSPS) is 21.9. The van der Waals surface area contributed by atoms with Crippen LogP contribution in [-0.4, -0.2) is 31.8 Å². The average Bonchev–Trinajstić information content (AvgIpc) is 2.93. The number of ether oxygens (including phenoxy) is 2. The van der Waals surface area contributed by atoms with Crippen molar-refractivity contribution in [3.63, 3.8) is 0 Å². The van der Waals surface area contributed by atoms with Gasteiger partial charge in [-0.15, -0.1) is 0 Å². The molecule has 0 radical (unpaired) electrons. The fraction of sp³-hybridized carbons (Fsp3) is 0.812. The van der Waals surface area contributed by atoms with Crippen molar-refractivity contribution in [3.8, 4) is 0 Å². The lowest BCUT2D eigenvalue weighted by molar-refractivity contribution is -0.0475. The highest BCUT2D eigenvalue weighted by Gasteiger charge is 2.14. The summed E-state index contributed by atoms with van der Waals surface area (Å²) in [7, 11) is 0. The van der Waals surface area contributed by atoms with E-state index in [0.29, 0.717) is 0 Å². The van der Waals surface area contributed by atoms with Crippen molar-refractivity contribution in [1.29, 1.82) is 0 Å². The third kappa shape index (κ3) is 5.87. The van der Waals surface area contributed by atoms with E-state index in [4.69, 9.17) is 14.5 Å². The van der Waals surface area contributed by atoms with E-state index in [-0.39, 0.29) is 6.29 Å². The molecule has 1 aliphatic carbocycles. The minimum atomic E-state index is 0.0512. The third-order valence-corrected chi connectivity index (χ3v) is 3.89. The number of hydrogen-bond acceptors (Lipinski definition) is 3. The summed E-state index contributed by atoms with van der Waals surface area (Å²) >= 11 is 0. The van der Waals surface area contributed by atoms with E-state index < -0.39 is 0 Å². The quantitative estimate of drug-likeness (QED) is 0.682. The van der Waals surface area contributed by atoms with Crippen LogP contribution in [0, 0.1) is 0 Å². The van der Waals surface area contributed by atoms with Gasteiger partial charge in [0.25, 0.3) is 0 Å². The van der Waals surface area contributed by atoms with Gasteiger partial charge in [-0.1, -0.05) is 18.1 Å². The molecule has 0 aromatic carbocycles. The second-order valence-corrected chi connectivity index (χ2v) is 5.58. The monoisotopic (exact) mass is 265 g/mol. The van der Waals surface area contributed by atoms with Gasteiger partial charge in [0.2, 0.25) is 0 Å². The number of rotatable bonds is 6. The van der Waals surface area contributed by atoms with Crippen LogP contribution in [0.3, 0.4) is 0 Å². The highest BCUT2D eigenvalue weighted by molar-refractivity contribution is 5.85. The summed E-state index contributed by atoms with van der Waals surface area (Å²) < 4.78 is 10.9. The first-order valence-electron chi connectivity index (χ1n) is 7.75. The summed E-state index contributed by atoms with van der Waals surface area (Å²) in [4.78, 5) is 4.70. The molecule has 1 heterocycles. The maximum absolute atomic E-state index is 5.43. The van der Waals surface area contributed by atoms with E-state index in [1.165, 1.54) is 43.4 Å². The average molecular weight is 265 g/mol. The van der Waals surface area contributed by atoms with Crippen LogP contribution in [0.1, 0.15) is 58.3 Å². The molecule has 0 atom stereocenters. The lowest BCUT2D eigenvalue weighted by Gasteiger charge is -2.11. The minimum absolute atomic E-state index is 0.0512. The predicted octanol–water partition coefficient (Wildman–Crippen LogP) is 3.88. The maximum atomic E-state index is 5.43. The molecule has 0 aromatic rings. The molecular formula is C16H27NO2. The molecule has 1 aliphatic heterocycles. The molecule has 0 bridgehead atoms. The van der Waals surface area contributed by atoms with Gasteiger partial charge >= 0.3 is 0 Å². The number of nitrogens with zero attached hydrogens (tertiary/aromatic N) is 1. The minimum Gasteiger partial charge on any atom is -0.350 e. The SMILES string of the molecule is C/C(=C\CN=C1CCCCC1)CCCC1OCCO1. The van der Waals surface area contributed by atoms with Crippen molar-refractivity contribution in [1.82, 2.24) is 0 Å². The van der Waals surface area contributed by atoms with Crippen molar-refractivity contribution >= 4 is 5.71 Å². The summed E-state index contributed by atoms with van der Waals surface area (Å²) in [6, 6.07) is 0. The Bertz CT molecular complexity index is 309. The molecule has 2 fully saturated rings. The molecule has 1 saturated heterocycles. The van der Waals surface area contributed by atoms with Gasteiger partial charge in [-0.05, 0) is 51.9 Å². The van der Waals surface area contributed by atoms with Crippen LogP contribution in [-0.2, 0) is 9.47 Å². The second kappa shape index (κ2) is 8.49. The molecule has 2 aliphatic rings. The first kappa shape index (κ1) is 14.7. The van der Waals surface area contributed by atoms with Gasteiger partial charge in [0.1, 0.15) is 0 Å². The Hall–Kier alpha value is -0.670. The van der Waals surface area contributed by atoms with Crippen LogP contribution in [0.2, 0.25) is 0 Å². The first-order valence-corrected chi connectivity index (χ1v) is 7.75. The lowest BCUT2D eigenvalue weighted by atomic mass is 9.98. The highest BCUT2D eigenvalue weighted by Crippen LogP contribution is 2.16. The van der Waals surface area contributed by atoms with E-state index in [1.807, 2.05) is 0 Å². The zero-order chi connectivity index (χ0) is 13.3. The zero-order valence-corrected chi connectivity index (χ0v) is 12.2. The first-order chi connectivity index (χ1) is 9.34. The van der Waals surface area contributed by atoms with Gasteiger partial charge in [0.15, 0.2) is 6.29 Å². The fourth-order valence-corrected chi connectivity index (χ4v) is 2.67. The molecule has 2 rings (SSSR count). The molecular weight excluding hydrogens is 238 g/mol. The van der Waals surface area contributed by atoms with Gasteiger partial charge in [-0.25, -0.2) is 0 Å². The van der Waals surface area contributed by atoms with E-state index in [9.17, 15) is 0 Å². The van der Waals surface area contributed by atoms with Gasteiger partial charge < -0.3 is 9.47 Å². The van der Waals surface area contributed by atoms with Gasteiger partial charge in [-0.2, -0.15) is 0 Å². The molecule has 0 N–H and O–H groups in total. The molecule has 19 heavy (non-hydrogen) atoms. The Labute approximate surface area is 117 Å². The van der Waals surface area contributed by atoms with Crippen LogP contribution in [0.15, 0.2) is 16.6 Å². The molecule has 3 nitrogen and oxygen atoms in total. The van der Waals surface area contributed by atoms with Crippen molar-refractivity contribution in [2.75, 3.05) is 19.8 Å². The molecule has 0 unspecified atom stereocenters. The van der Waals surface area contributed by atoms with E-state index in [2.05, 4.69) is 13.0 Å². The molecule has 1 saturated carbocycles. The van der Waals surface area contributed by atoms with E-state index >= 15 is 0 Å². The van der Waals surface area contributed by atoms with Crippen molar-refractivity contribution < 1.29 is 9.47 Å². The van der Waals surface area contributed by atoms with Crippen LogP contribution >= 0.6 is 0 Å². The summed E-state index contributed by atoms with van der Waals surface area (Å²) in [5.41, 5.74) is 2.88. The second-order valence-electron chi connectivity index (χ2n) is 5.58. The van der Waals surface area contributed by atoms with Crippen LogP contribution in [0.4, 0.5) is 0 Å². The molecule has 0 aromatic heterocycles. The Kier molecular flexibility index (Phi) is 6.58. The van der Waals surface area contributed by atoms with E-state index in [0.717, 1.165) is 39.0 Å². The standard InChI is InChI=1S/C16H27NO2/c1-14(6-5-9-16-18-12-13-19-16)10-11-17-15-7-3-2-4-8-15/h10,16H,2-9,11-13H2,1H3/b14-10+. The molecule has 3 heteroatoms. The molecule has 0 amide bonds. The Morgan fingerprint density at radius 2 is 1.95 bits per heavy atom. The topological polar surface area (TPSA) is 30.8 Å². The number of aliphatic imine (C=N–C) groups is 1. The predicted molar refractivity (Wildman–Crippen MR) is 78.7 cm³/mol. The smallest absolute Gasteiger partial charge is 0.157 e. The molecule has 0 spiro atoms. The van der Waals surface area contributed by atoms with E-state index in [1.54, 1.807) is 0 Å². The lowest BCUT2D eigenvalue weighted by Crippen LogP contribution is -2.06. The maximum Gasteiger partial charge on any atom is 0.157 e. The van der Waals surface area contributed by atoms with Crippen LogP contribution < -0.4 is 0 Å². The number of hydrogen-bond donors (Lipinski definition) is 0. The fourth-order valence-electron chi connectivity index (χ4n) is 2.67. The Morgan fingerprint density at radius 3 is 2.68 bits per heavy atom. The van der Waals surface area contributed by atoms with Gasteiger partial charge in [0, 0.05) is 5.71 Å². The summed E-state index contributed by atoms with van der Waals surface area (Å²) in [5, 5.41) is 0. The summed E-state index contributed by atoms with van der Waals surface area (Å²) in [6.45, 7) is 4.60. The van der Waals surface area contributed by atoms with Crippen molar-refractivity contribution in [2.24, 2.45) is 4.99 Å². The van der Waals surface area contributed by atoms with Crippen molar-refractivity contribution in [3.05, 3.63) is 11.6 Å². The summed E-state index contributed by atoms with van der Waals surface area (Å²) in [6.07, 6.45) is 12.1. The van der Waals surface area contributed by atoms with Crippen LogP contribution in [0.25, 0.3) is 0 Å². The molecule has 108 valence electrons. The summed E-state index contributed by atoms with van der Waals surface area (Å²) in [5.74, 6) is 0. The Morgan fingerprint density at radius 1 is 1.21 bits per heavy atom. The Balaban J connectivity index is 1.58. The van der Waals surface area contributed by atoms with Gasteiger partial charge in [0.05, 0.1) is 19.8 Å². The number of allylic oxidation sites excluding steroid dienone is 1.